The van der Waals surface area contributed by atoms with Gasteiger partial charge in [0.05, 0.1) is 6.61 Å². The maximum absolute atomic E-state index is 11.2. The van der Waals surface area contributed by atoms with Crippen LogP contribution in [0.25, 0.3) is 0 Å². The van der Waals surface area contributed by atoms with Crippen LogP contribution >= 0.6 is 0 Å². The van der Waals surface area contributed by atoms with Crippen molar-refractivity contribution in [2.45, 2.75) is 13.5 Å². The molecule has 0 saturated carbocycles. The van der Waals surface area contributed by atoms with Crippen LogP contribution in [0.15, 0.2) is 16.9 Å². The molecule has 0 fully saturated rings. The minimum absolute atomic E-state index is 0.118. The fraction of sp³-hybridized carbons (Fsp3) is 0.375. The van der Waals surface area contributed by atoms with E-state index < -0.39 is 0 Å². The third-order valence-corrected chi connectivity index (χ3v) is 1.80. The van der Waals surface area contributed by atoms with Gasteiger partial charge in [-0.05, 0) is 19.1 Å². The van der Waals surface area contributed by atoms with Gasteiger partial charge in [-0.15, -0.1) is 0 Å². The van der Waals surface area contributed by atoms with Crippen molar-refractivity contribution in [3.8, 4) is 0 Å². The fourth-order valence-electron chi connectivity index (χ4n) is 0.900. The van der Waals surface area contributed by atoms with E-state index in [1.54, 1.807) is 13.1 Å². The van der Waals surface area contributed by atoms with Crippen LogP contribution in [0.1, 0.15) is 11.3 Å². The Morgan fingerprint density at radius 1 is 1.55 bits per heavy atom. The molecule has 3 heteroatoms. The molecule has 1 rings (SSSR count). The molecular weight excluding hydrogens is 142 g/mol. The molecule has 1 N–H and O–H groups in total. The van der Waals surface area contributed by atoms with Crippen LogP contribution in [0.3, 0.4) is 0 Å². The molecule has 0 saturated heterocycles. The van der Waals surface area contributed by atoms with Crippen molar-refractivity contribution in [1.82, 2.24) is 4.57 Å². The summed E-state index contributed by atoms with van der Waals surface area (Å²) in [5, 5.41) is 8.72. The van der Waals surface area contributed by atoms with E-state index in [1.165, 1.54) is 4.57 Å². The lowest BCUT2D eigenvalue weighted by molar-refractivity contribution is 0.279. The van der Waals surface area contributed by atoms with Gasteiger partial charge < -0.3 is 9.67 Å². The number of hydrogen-bond acceptors (Lipinski definition) is 2. The summed E-state index contributed by atoms with van der Waals surface area (Å²) in [5.74, 6) is 0. The third kappa shape index (κ3) is 1.33. The van der Waals surface area contributed by atoms with Gasteiger partial charge in [-0.25, -0.2) is 0 Å². The van der Waals surface area contributed by atoms with E-state index in [2.05, 4.69) is 0 Å². The lowest BCUT2D eigenvalue weighted by atomic mass is 10.2. The highest BCUT2D eigenvalue weighted by Crippen LogP contribution is 1.95. The summed E-state index contributed by atoms with van der Waals surface area (Å²) in [7, 11) is 1.69. The summed E-state index contributed by atoms with van der Waals surface area (Å²) in [5.41, 5.74) is 1.22. The summed E-state index contributed by atoms with van der Waals surface area (Å²) in [4.78, 5) is 11.2. The molecular formula is C8H11NO2. The Bertz CT molecular complexity index is 314. The lowest BCUT2D eigenvalue weighted by Gasteiger charge is -2.03. The van der Waals surface area contributed by atoms with Gasteiger partial charge in [-0.3, -0.25) is 4.79 Å². The smallest absolute Gasteiger partial charge is 0.256 e. The van der Waals surface area contributed by atoms with Gasteiger partial charge in [0.1, 0.15) is 0 Å². The van der Waals surface area contributed by atoms with Gasteiger partial charge in [0.25, 0.3) is 5.56 Å². The zero-order chi connectivity index (χ0) is 8.43. The largest absolute Gasteiger partial charge is 0.391 e. The quantitative estimate of drug-likeness (QED) is 0.625. The molecule has 0 amide bonds. The van der Waals surface area contributed by atoms with E-state index in [0.717, 1.165) is 5.69 Å². The number of rotatable bonds is 1. The molecule has 0 aliphatic rings. The zero-order valence-corrected chi connectivity index (χ0v) is 6.66. The first-order valence-electron chi connectivity index (χ1n) is 3.43. The fourth-order valence-corrected chi connectivity index (χ4v) is 0.900. The summed E-state index contributed by atoms with van der Waals surface area (Å²) in [6, 6.07) is 3.46. The summed E-state index contributed by atoms with van der Waals surface area (Å²) >= 11 is 0. The van der Waals surface area contributed by atoms with Gasteiger partial charge in [-0.2, -0.15) is 0 Å². The number of aliphatic hydroxyl groups is 1. The van der Waals surface area contributed by atoms with Gasteiger partial charge in [0.2, 0.25) is 0 Å². The van der Waals surface area contributed by atoms with Gasteiger partial charge in [0, 0.05) is 18.3 Å². The van der Waals surface area contributed by atoms with Crippen LogP contribution in [-0.4, -0.2) is 9.67 Å². The predicted molar refractivity (Wildman–Crippen MR) is 42.3 cm³/mol. The second-order valence-electron chi connectivity index (χ2n) is 2.52. The minimum atomic E-state index is -0.188. The van der Waals surface area contributed by atoms with Crippen molar-refractivity contribution in [3.05, 3.63) is 33.7 Å². The Labute approximate surface area is 64.9 Å². The molecule has 0 aromatic carbocycles. The van der Waals surface area contributed by atoms with E-state index in [4.69, 9.17) is 5.11 Å². The number of aromatic nitrogens is 1. The van der Waals surface area contributed by atoms with E-state index in [0.29, 0.717) is 5.56 Å². The van der Waals surface area contributed by atoms with Crippen LogP contribution in [-0.2, 0) is 13.7 Å². The Balaban J connectivity index is 3.37. The highest BCUT2D eigenvalue weighted by Gasteiger charge is 1.99. The number of aryl methyl sites for hydroxylation is 1. The summed E-state index contributed by atoms with van der Waals surface area (Å²) < 4.78 is 1.52. The molecule has 0 aliphatic carbocycles. The summed E-state index contributed by atoms with van der Waals surface area (Å²) in [6.45, 7) is 1.66. The monoisotopic (exact) mass is 153 g/mol. The number of aliphatic hydroxyl groups excluding tert-OH is 1. The first-order chi connectivity index (χ1) is 5.16. The van der Waals surface area contributed by atoms with E-state index in [1.807, 2.05) is 13.0 Å². The van der Waals surface area contributed by atoms with E-state index >= 15 is 0 Å². The normalized spacial score (nSPS) is 10.1. The van der Waals surface area contributed by atoms with Crippen LogP contribution in [0.2, 0.25) is 0 Å². The third-order valence-electron chi connectivity index (χ3n) is 1.80. The topological polar surface area (TPSA) is 42.2 Å². The van der Waals surface area contributed by atoms with E-state index in [9.17, 15) is 4.79 Å². The molecule has 0 bridgehead atoms. The van der Waals surface area contributed by atoms with E-state index in [-0.39, 0.29) is 12.2 Å². The molecule has 3 nitrogen and oxygen atoms in total. The maximum Gasteiger partial charge on any atom is 0.256 e. The van der Waals surface area contributed by atoms with Crippen LogP contribution in [0.5, 0.6) is 0 Å². The van der Waals surface area contributed by atoms with Crippen LogP contribution in [0, 0.1) is 6.92 Å². The van der Waals surface area contributed by atoms with Crippen molar-refractivity contribution in [2.24, 2.45) is 7.05 Å². The van der Waals surface area contributed by atoms with Gasteiger partial charge in [-0.1, -0.05) is 0 Å². The minimum Gasteiger partial charge on any atom is -0.391 e. The second kappa shape index (κ2) is 2.88. The standard InChI is InChI=1S/C8H11NO2/c1-6-3-4-7(5-10)8(11)9(6)2/h3-4,10H,5H2,1-2H3. The molecule has 0 atom stereocenters. The maximum atomic E-state index is 11.2. The Hall–Kier alpha value is -1.09. The number of nitrogens with zero attached hydrogens (tertiary/aromatic N) is 1. The van der Waals surface area contributed by atoms with Crippen molar-refractivity contribution in [2.75, 3.05) is 0 Å². The zero-order valence-electron chi connectivity index (χ0n) is 6.66. The molecule has 1 heterocycles. The number of pyridine rings is 1. The molecule has 11 heavy (non-hydrogen) atoms. The van der Waals surface area contributed by atoms with Crippen LogP contribution < -0.4 is 5.56 Å². The van der Waals surface area contributed by atoms with Gasteiger partial charge in [0.15, 0.2) is 0 Å². The first-order valence-corrected chi connectivity index (χ1v) is 3.43. The molecule has 0 aliphatic heterocycles. The van der Waals surface area contributed by atoms with Crippen LogP contribution in [0.4, 0.5) is 0 Å². The first kappa shape index (κ1) is 8.01. The van der Waals surface area contributed by atoms with Crippen molar-refractivity contribution < 1.29 is 5.11 Å². The molecule has 0 radical (unpaired) electrons. The van der Waals surface area contributed by atoms with Crippen molar-refractivity contribution >= 4 is 0 Å². The molecule has 1 aromatic heterocycles. The van der Waals surface area contributed by atoms with Crippen molar-refractivity contribution in [3.63, 3.8) is 0 Å². The Kier molecular flexibility index (Phi) is 2.10. The molecule has 0 unspecified atom stereocenters. The number of hydrogen-bond donors (Lipinski definition) is 1. The molecule has 1 aromatic rings. The lowest BCUT2D eigenvalue weighted by Crippen LogP contribution is -2.22. The average molecular weight is 153 g/mol. The molecule has 60 valence electrons. The summed E-state index contributed by atoms with van der Waals surface area (Å²) in [6.07, 6.45) is 0. The Morgan fingerprint density at radius 3 is 2.73 bits per heavy atom. The van der Waals surface area contributed by atoms with Gasteiger partial charge >= 0.3 is 0 Å². The SMILES string of the molecule is Cc1ccc(CO)c(=O)n1C. The molecule has 0 spiro atoms. The average Bonchev–Trinajstić information content (AvgIpc) is 2.01. The van der Waals surface area contributed by atoms with Crippen molar-refractivity contribution in [1.29, 1.82) is 0 Å². The predicted octanol–water partition coefficient (Wildman–Crippen LogP) is 0.186. The highest BCUT2D eigenvalue weighted by atomic mass is 16.3. The Morgan fingerprint density at radius 2 is 2.18 bits per heavy atom. The second-order valence-corrected chi connectivity index (χ2v) is 2.52. The highest BCUT2D eigenvalue weighted by molar-refractivity contribution is 5.13.